The van der Waals surface area contributed by atoms with Gasteiger partial charge in [0.25, 0.3) is 5.91 Å². The van der Waals surface area contributed by atoms with Crippen LogP contribution < -0.4 is 5.32 Å². The van der Waals surface area contributed by atoms with Gasteiger partial charge in [-0.15, -0.1) is 11.8 Å². The lowest BCUT2D eigenvalue weighted by atomic mass is 10.0. The standard InChI is InChI=1S/C14H13N5O5S3/c15-18-16-3-7-4-26-13-10(12(21)19(13)11(7)14(22)23)17-9(20)6-27(24)8-1-2-25-5-8/h1-2,5,10,13H,3-4,6H2,(H,17,20)(H,22,23)/t10?,13-,27?/m1/s1. The molecule has 3 heterocycles. The van der Waals surface area contributed by atoms with Crippen molar-refractivity contribution in [3.8, 4) is 0 Å². The summed E-state index contributed by atoms with van der Waals surface area (Å²) >= 11 is 2.64. The molecule has 1 aromatic heterocycles. The molecule has 2 amide bonds. The van der Waals surface area contributed by atoms with Crippen LogP contribution in [-0.2, 0) is 25.2 Å². The highest BCUT2D eigenvalue weighted by Crippen LogP contribution is 2.40. The Morgan fingerprint density at radius 1 is 1.52 bits per heavy atom. The number of β-lactam (4-membered cyclic amide) rings is 1. The van der Waals surface area contributed by atoms with Crippen LogP contribution in [0.15, 0.2) is 38.1 Å². The Bertz CT molecular complexity index is 893. The van der Waals surface area contributed by atoms with Gasteiger partial charge in [-0.2, -0.15) is 11.3 Å². The topological polar surface area (TPSA) is 153 Å². The average molecular weight is 427 g/mol. The van der Waals surface area contributed by atoms with Gasteiger partial charge in [-0.05, 0) is 22.6 Å². The summed E-state index contributed by atoms with van der Waals surface area (Å²) in [5, 5.41) is 18.2. The maximum Gasteiger partial charge on any atom is 0.352 e. The number of carbonyl (C=O) groups excluding carboxylic acids is 2. The highest BCUT2D eigenvalue weighted by Gasteiger charge is 2.54. The molecule has 2 aliphatic heterocycles. The van der Waals surface area contributed by atoms with Gasteiger partial charge < -0.3 is 10.4 Å². The molecule has 142 valence electrons. The Hall–Kier alpha value is -2.34. The summed E-state index contributed by atoms with van der Waals surface area (Å²) in [6.07, 6.45) is 0. The Labute approximate surface area is 163 Å². The molecule has 3 rings (SSSR count). The number of hydrogen-bond donors (Lipinski definition) is 2. The SMILES string of the molecule is [N-]=[N+]=NCC1=C(C(=O)O)N2C(=O)C(NC(=O)CS(=O)c3ccsc3)[C@H]2SC1. The average Bonchev–Trinajstić information content (AvgIpc) is 3.18. The van der Waals surface area contributed by atoms with Crippen molar-refractivity contribution in [1.29, 1.82) is 0 Å². The fourth-order valence-electron chi connectivity index (χ4n) is 2.72. The number of rotatable bonds is 7. The number of nitrogens with one attached hydrogen (secondary N) is 1. The first kappa shape index (κ1) is 19.4. The van der Waals surface area contributed by atoms with Crippen LogP contribution in [0.2, 0.25) is 0 Å². The number of fused-ring (bicyclic) bond motifs is 1. The molecule has 0 aliphatic carbocycles. The molecule has 13 heteroatoms. The molecule has 0 aromatic carbocycles. The van der Waals surface area contributed by atoms with E-state index in [1.54, 1.807) is 16.8 Å². The minimum Gasteiger partial charge on any atom is -0.477 e. The molecule has 1 fully saturated rings. The Morgan fingerprint density at radius 2 is 2.30 bits per heavy atom. The number of thiophene rings is 1. The Balaban J connectivity index is 1.68. The third-order valence-electron chi connectivity index (χ3n) is 3.91. The van der Waals surface area contributed by atoms with Crippen LogP contribution in [-0.4, -0.2) is 61.5 Å². The number of carbonyl (C=O) groups is 3. The highest BCUT2D eigenvalue weighted by molar-refractivity contribution is 8.00. The normalized spacial score (nSPS) is 22.4. The van der Waals surface area contributed by atoms with Gasteiger partial charge in [-0.25, -0.2) is 4.79 Å². The molecule has 10 nitrogen and oxygen atoms in total. The monoisotopic (exact) mass is 427 g/mol. The summed E-state index contributed by atoms with van der Waals surface area (Å²) in [6.45, 7) is -0.141. The number of carboxylic acid groups (broad SMARTS) is 1. The van der Waals surface area contributed by atoms with Gasteiger partial charge in [0.2, 0.25) is 5.91 Å². The van der Waals surface area contributed by atoms with Gasteiger partial charge in [0.05, 0.1) is 17.3 Å². The fraction of sp³-hybridized carbons (Fsp3) is 0.357. The van der Waals surface area contributed by atoms with Crippen molar-refractivity contribution < 1.29 is 23.7 Å². The molecule has 0 saturated carbocycles. The number of hydrogen-bond acceptors (Lipinski definition) is 7. The number of aliphatic carboxylic acids is 1. The number of carboxylic acids is 1. The predicted octanol–water partition coefficient (Wildman–Crippen LogP) is 0.905. The van der Waals surface area contributed by atoms with E-state index in [1.807, 2.05) is 0 Å². The molecule has 27 heavy (non-hydrogen) atoms. The van der Waals surface area contributed by atoms with Crippen molar-refractivity contribution in [3.63, 3.8) is 0 Å². The molecule has 0 bridgehead atoms. The molecule has 0 spiro atoms. The van der Waals surface area contributed by atoms with Gasteiger partial charge in [0.15, 0.2) is 0 Å². The number of amides is 2. The van der Waals surface area contributed by atoms with Gasteiger partial charge in [-0.3, -0.25) is 18.7 Å². The zero-order valence-corrected chi connectivity index (χ0v) is 16.1. The minimum absolute atomic E-state index is 0.141. The molecular weight excluding hydrogens is 414 g/mol. The van der Waals surface area contributed by atoms with E-state index in [2.05, 4.69) is 15.3 Å². The third kappa shape index (κ3) is 3.86. The molecule has 2 unspecified atom stereocenters. The summed E-state index contributed by atoms with van der Waals surface area (Å²) in [5.74, 6) is -2.40. The summed E-state index contributed by atoms with van der Waals surface area (Å²) in [5.41, 5.74) is 8.56. The van der Waals surface area contributed by atoms with E-state index >= 15 is 0 Å². The lowest BCUT2D eigenvalue weighted by molar-refractivity contribution is -0.150. The van der Waals surface area contributed by atoms with Crippen LogP contribution in [0.3, 0.4) is 0 Å². The fourth-order valence-corrected chi connectivity index (χ4v) is 5.96. The first-order valence-electron chi connectivity index (χ1n) is 7.54. The largest absolute Gasteiger partial charge is 0.477 e. The van der Waals surface area contributed by atoms with E-state index in [-0.39, 0.29) is 23.7 Å². The maximum absolute atomic E-state index is 12.4. The Kier molecular flexibility index (Phi) is 5.85. The molecule has 1 saturated heterocycles. The molecule has 3 atom stereocenters. The molecule has 2 N–H and O–H groups in total. The second kappa shape index (κ2) is 8.13. The highest BCUT2D eigenvalue weighted by atomic mass is 32.2. The zero-order chi connectivity index (χ0) is 19.6. The van der Waals surface area contributed by atoms with Crippen LogP contribution >= 0.6 is 23.1 Å². The minimum atomic E-state index is -1.50. The van der Waals surface area contributed by atoms with Crippen molar-refractivity contribution in [2.75, 3.05) is 18.1 Å². The third-order valence-corrected chi connectivity index (χ3v) is 7.39. The van der Waals surface area contributed by atoms with Crippen molar-refractivity contribution in [2.24, 2.45) is 5.11 Å². The van der Waals surface area contributed by atoms with Crippen LogP contribution in [0.4, 0.5) is 0 Å². The van der Waals surface area contributed by atoms with Crippen LogP contribution in [0, 0.1) is 0 Å². The zero-order valence-electron chi connectivity index (χ0n) is 13.6. The summed E-state index contributed by atoms with van der Waals surface area (Å²) in [4.78, 5) is 40.3. The molecule has 0 radical (unpaired) electrons. The molecule has 2 aliphatic rings. The summed E-state index contributed by atoms with van der Waals surface area (Å²) in [6, 6.07) is 0.786. The van der Waals surface area contributed by atoms with E-state index < -0.39 is 40.0 Å². The molecule has 1 aromatic rings. The second-order valence-corrected chi connectivity index (χ2v) is 8.89. The molecular formula is C14H13N5O5S3. The number of thioether (sulfide) groups is 1. The van der Waals surface area contributed by atoms with Crippen molar-refractivity contribution >= 4 is 51.7 Å². The lowest BCUT2D eigenvalue weighted by Gasteiger charge is -2.49. The lowest BCUT2D eigenvalue weighted by Crippen LogP contribution is -2.70. The first-order chi connectivity index (χ1) is 12.9. The maximum atomic E-state index is 12.4. The van der Waals surface area contributed by atoms with Crippen molar-refractivity contribution in [2.45, 2.75) is 16.3 Å². The van der Waals surface area contributed by atoms with E-state index in [1.165, 1.54) is 23.1 Å². The van der Waals surface area contributed by atoms with E-state index in [0.29, 0.717) is 10.5 Å². The van der Waals surface area contributed by atoms with Crippen molar-refractivity contribution in [1.82, 2.24) is 10.2 Å². The summed E-state index contributed by atoms with van der Waals surface area (Å²) in [7, 11) is -1.50. The van der Waals surface area contributed by atoms with Gasteiger partial charge in [0, 0.05) is 20.9 Å². The quantitative estimate of drug-likeness (QED) is 0.285. The van der Waals surface area contributed by atoms with Crippen molar-refractivity contribution in [3.05, 3.63) is 38.5 Å². The van der Waals surface area contributed by atoms with Crippen LogP contribution in [0.5, 0.6) is 0 Å². The number of azide groups is 1. The predicted molar refractivity (Wildman–Crippen MR) is 99.3 cm³/mol. The number of nitrogens with zero attached hydrogens (tertiary/aromatic N) is 4. The smallest absolute Gasteiger partial charge is 0.352 e. The van der Waals surface area contributed by atoms with Gasteiger partial charge in [-0.1, -0.05) is 5.11 Å². The van der Waals surface area contributed by atoms with E-state index in [9.17, 15) is 23.7 Å². The van der Waals surface area contributed by atoms with Gasteiger partial charge >= 0.3 is 5.97 Å². The van der Waals surface area contributed by atoms with Crippen LogP contribution in [0.25, 0.3) is 10.4 Å². The second-order valence-electron chi connectivity index (χ2n) is 5.55. The van der Waals surface area contributed by atoms with E-state index in [4.69, 9.17) is 5.53 Å². The van der Waals surface area contributed by atoms with Crippen LogP contribution in [0.1, 0.15) is 0 Å². The first-order valence-corrected chi connectivity index (χ1v) is 10.9. The van der Waals surface area contributed by atoms with E-state index in [0.717, 1.165) is 4.90 Å². The Morgan fingerprint density at radius 3 is 2.93 bits per heavy atom. The summed E-state index contributed by atoms with van der Waals surface area (Å²) < 4.78 is 12.1. The van der Waals surface area contributed by atoms with Gasteiger partial charge in [0.1, 0.15) is 22.9 Å².